The summed E-state index contributed by atoms with van der Waals surface area (Å²) in [5.41, 5.74) is 1.81. The minimum Gasteiger partial charge on any atom is -0.478 e. The Morgan fingerprint density at radius 3 is 1.24 bits per heavy atom. The number of carboxylic acids is 1. The highest BCUT2D eigenvalue weighted by Gasteiger charge is 2.09. The first-order valence-electron chi connectivity index (χ1n) is 11.0. The van der Waals surface area contributed by atoms with Crippen LogP contribution in [0.2, 0.25) is 0 Å². The average Bonchev–Trinajstić information content (AvgIpc) is 2.60. The Balaban J connectivity index is 3.93. The van der Waals surface area contributed by atoms with Crippen molar-refractivity contribution in [2.75, 3.05) is 0 Å². The smallest absolute Gasteiger partial charge is 0.331 e. The summed E-state index contributed by atoms with van der Waals surface area (Å²) in [6.07, 6.45) is 21.5. The predicted octanol–water partition coefficient (Wildman–Crippen LogP) is 8.06. The summed E-state index contributed by atoms with van der Waals surface area (Å²) in [6.45, 7) is 6.30. The van der Waals surface area contributed by atoms with E-state index in [9.17, 15) is 9.90 Å². The van der Waals surface area contributed by atoms with Crippen molar-refractivity contribution in [2.24, 2.45) is 0 Å². The van der Waals surface area contributed by atoms with Crippen LogP contribution < -0.4 is 0 Å². The van der Waals surface area contributed by atoms with Crippen molar-refractivity contribution in [3.05, 3.63) is 11.1 Å². The SMILES string of the molecule is CCCCCCCCCCC(CCCCCCCCC)=C(C)C(=O)O. The van der Waals surface area contributed by atoms with Crippen molar-refractivity contribution in [1.29, 1.82) is 0 Å². The zero-order valence-corrected chi connectivity index (χ0v) is 17.4. The summed E-state index contributed by atoms with van der Waals surface area (Å²) >= 11 is 0. The number of rotatable bonds is 18. The average molecular weight is 353 g/mol. The molecule has 2 nitrogen and oxygen atoms in total. The monoisotopic (exact) mass is 352 g/mol. The van der Waals surface area contributed by atoms with Crippen LogP contribution in [0.3, 0.4) is 0 Å². The molecule has 1 N–H and O–H groups in total. The molecule has 0 bridgehead atoms. The lowest BCUT2D eigenvalue weighted by atomic mass is 9.95. The zero-order valence-electron chi connectivity index (χ0n) is 17.4. The van der Waals surface area contributed by atoms with Gasteiger partial charge in [0.15, 0.2) is 0 Å². The van der Waals surface area contributed by atoms with Crippen LogP contribution in [0, 0.1) is 0 Å². The second kappa shape index (κ2) is 18.0. The fourth-order valence-corrected chi connectivity index (χ4v) is 3.42. The summed E-state index contributed by atoms with van der Waals surface area (Å²) in [5, 5.41) is 9.32. The number of aliphatic carboxylic acids is 1. The van der Waals surface area contributed by atoms with Gasteiger partial charge in [0.05, 0.1) is 0 Å². The molecule has 0 heterocycles. The Hall–Kier alpha value is -0.790. The van der Waals surface area contributed by atoms with Crippen LogP contribution in [0.15, 0.2) is 11.1 Å². The maximum absolute atomic E-state index is 11.3. The molecular weight excluding hydrogens is 308 g/mol. The van der Waals surface area contributed by atoms with Crippen molar-refractivity contribution in [3.8, 4) is 0 Å². The maximum atomic E-state index is 11.3. The molecule has 2 heteroatoms. The van der Waals surface area contributed by atoms with Crippen LogP contribution in [0.5, 0.6) is 0 Å². The Bertz CT molecular complexity index is 344. The number of unbranched alkanes of at least 4 members (excludes halogenated alkanes) is 13. The summed E-state index contributed by atoms with van der Waals surface area (Å²) in [6, 6.07) is 0. The van der Waals surface area contributed by atoms with Crippen molar-refractivity contribution < 1.29 is 9.90 Å². The van der Waals surface area contributed by atoms with Crippen LogP contribution in [0.1, 0.15) is 130 Å². The molecule has 0 radical (unpaired) electrons. The highest BCUT2D eigenvalue weighted by molar-refractivity contribution is 5.86. The zero-order chi connectivity index (χ0) is 18.8. The minimum absolute atomic E-state index is 0.605. The Morgan fingerprint density at radius 1 is 0.600 bits per heavy atom. The Kier molecular flexibility index (Phi) is 17.4. The van der Waals surface area contributed by atoms with Crippen LogP contribution in [0.25, 0.3) is 0 Å². The van der Waals surface area contributed by atoms with Crippen molar-refractivity contribution in [2.45, 2.75) is 130 Å². The molecule has 0 unspecified atom stereocenters. The third-order valence-electron chi connectivity index (χ3n) is 5.27. The molecule has 148 valence electrons. The quantitative estimate of drug-likeness (QED) is 0.200. The summed E-state index contributed by atoms with van der Waals surface area (Å²) < 4.78 is 0. The lowest BCUT2D eigenvalue weighted by molar-refractivity contribution is -0.132. The Labute approximate surface area is 157 Å². The van der Waals surface area contributed by atoms with E-state index in [-0.39, 0.29) is 0 Å². The minimum atomic E-state index is -0.725. The van der Waals surface area contributed by atoms with Gasteiger partial charge in [0, 0.05) is 5.57 Å². The Morgan fingerprint density at radius 2 is 0.920 bits per heavy atom. The van der Waals surface area contributed by atoms with Crippen molar-refractivity contribution in [1.82, 2.24) is 0 Å². The summed E-state index contributed by atoms with van der Waals surface area (Å²) in [4.78, 5) is 11.3. The largest absolute Gasteiger partial charge is 0.478 e. The van der Waals surface area contributed by atoms with Crippen molar-refractivity contribution in [3.63, 3.8) is 0 Å². The van der Waals surface area contributed by atoms with Crippen LogP contribution in [-0.2, 0) is 4.79 Å². The van der Waals surface area contributed by atoms with Gasteiger partial charge in [0.2, 0.25) is 0 Å². The molecule has 0 aromatic carbocycles. The lowest BCUT2D eigenvalue weighted by Gasteiger charge is -2.10. The highest BCUT2D eigenvalue weighted by Crippen LogP contribution is 2.22. The molecule has 0 rings (SSSR count). The summed E-state index contributed by atoms with van der Waals surface area (Å²) in [7, 11) is 0. The maximum Gasteiger partial charge on any atom is 0.331 e. The highest BCUT2D eigenvalue weighted by atomic mass is 16.4. The van der Waals surface area contributed by atoms with Gasteiger partial charge in [-0.2, -0.15) is 0 Å². The van der Waals surface area contributed by atoms with E-state index < -0.39 is 5.97 Å². The molecule has 0 aromatic heterocycles. The van der Waals surface area contributed by atoms with E-state index in [0.717, 1.165) is 25.7 Å². The van der Waals surface area contributed by atoms with Crippen molar-refractivity contribution >= 4 is 5.97 Å². The molecule has 0 aliphatic carbocycles. The second-order valence-corrected chi connectivity index (χ2v) is 7.63. The molecular formula is C23H44O2. The molecule has 0 aliphatic rings. The molecule has 0 aliphatic heterocycles. The molecule has 0 saturated carbocycles. The van der Waals surface area contributed by atoms with E-state index >= 15 is 0 Å². The van der Waals surface area contributed by atoms with Gasteiger partial charge in [-0.25, -0.2) is 4.79 Å². The third-order valence-corrected chi connectivity index (χ3v) is 5.27. The van der Waals surface area contributed by atoms with Gasteiger partial charge < -0.3 is 5.11 Å². The van der Waals surface area contributed by atoms with E-state index in [0.29, 0.717) is 5.57 Å². The van der Waals surface area contributed by atoms with E-state index in [1.54, 1.807) is 6.92 Å². The third kappa shape index (κ3) is 15.2. The molecule has 0 fully saturated rings. The van der Waals surface area contributed by atoms with E-state index in [1.165, 1.54) is 89.0 Å². The van der Waals surface area contributed by atoms with Crippen LogP contribution in [0.4, 0.5) is 0 Å². The van der Waals surface area contributed by atoms with Gasteiger partial charge in [0.1, 0.15) is 0 Å². The number of allylic oxidation sites excluding steroid dienone is 1. The molecule has 25 heavy (non-hydrogen) atoms. The molecule has 0 saturated heterocycles. The predicted molar refractivity (Wildman–Crippen MR) is 110 cm³/mol. The second-order valence-electron chi connectivity index (χ2n) is 7.63. The number of carbonyl (C=O) groups is 1. The summed E-state index contributed by atoms with van der Waals surface area (Å²) in [5.74, 6) is -0.725. The van der Waals surface area contributed by atoms with Gasteiger partial charge in [-0.3, -0.25) is 0 Å². The topological polar surface area (TPSA) is 37.3 Å². The van der Waals surface area contributed by atoms with Crippen LogP contribution in [-0.4, -0.2) is 11.1 Å². The van der Waals surface area contributed by atoms with Gasteiger partial charge in [-0.05, 0) is 32.6 Å². The number of hydrogen-bond donors (Lipinski definition) is 1. The van der Waals surface area contributed by atoms with Gasteiger partial charge in [-0.1, -0.05) is 103 Å². The first-order valence-corrected chi connectivity index (χ1v) is 11.0. The van der Waals surface area contributed by atoms with Gasteiger partial charge in [0.25, 0.3) is 0 Å². The fraction of sp³-hybridized carbons (Fsp3) is 0.870. The molecule has 0 amide bonds. The van der Waals surface area contributed by atoms with Gasteiger partial charge >= 0.3 is 5.97 Å². The van der Waals surface area contributed by atoms with Gasteiger partial charge in [-0.15, -0.1) is 0 Å². The normalized spacial score (nSPS) is 12.3. The molecule has 0 atom stereocenters. The molecule has 0 aromatic rings. The lowest BCUT2D eigenvalue weighted by Crippen LogP contribution is -2.02. The molecule has 0 spiro atoms. The van der Waals surface area contributed by atoms with E-state index in [4.69, 9.17) is 0 Å². The first kappa shape index (κ1) is 24.2. The number of hydrogen-bond acceptors (Lipinski definition) is 1. The van der Waals surface area contributed by atoms with Crippen LogP contribution >= 0.6 is 0 Å². The first-order chi connectivity index (χ1) is 12.1. The fourth-order valence-electron chi connectivity index (χ4n) is 3.42. The van der Waals surface area contributed by atoms with E-state index in [1.807, 2.05) is 0 Å². The van der Waals surface area contributed by atoms with E-state index in [2.05, 4.69) is 13.8 Å². The number of carboxylic acid groups (broad SMARTS) is 1. The standard InChI is InChI=1S/C23H44O2/c1-4-6-8-10-12-14-16-18-20-22(21(3)23(24)25)19-17-15-13-11-9-7-5-2/h4-20H2,1-3H3,(H,24,25).